The van der Waals surface area contributed by atoms with Crippen LogP contribution >= 0.6 is 0 Å². The fourth-order valence-electron chi connectivity index (χ4n) is 1.93. The van der Waals surface area contributed by atoms with Crippen molar-refractivity contribution in [2.24, 2.45) is 0 Å². The van der Waals surface area contributed by atoms with Crippen molar-refractivity contribution in [2.75, 3.05) is 7.11 Å². The molecule has 9 heteroatoms. The second-order valence-corrected chi connectivity index (χ2v) is 4.60. The molecule has 3 aromatic rings. The van der Waals surface area contributed by atoms with Crippen LogP contribution in [0.1, 0.15) is 5.89 Å². The summed E-state index contributed by atoms with van der Waals surface area (Å²) in [5, 5.41) is 18.7. The molecule has 122 valence electrons. The molecule has 9 nitrogen and oxygen atoms in total. The Morgan fingerprint density at radius 3 is 2.71 bits per heavy atom. The molecule has 0 unspecified atom stereocenters. The van der Waals surface area contributed by atoms with Crippen molar-refractivity contribution in [2.45, 2.75) is 6.61 Å². The van der Waals surface area contributed by atoms with Crippen LogP contribution in [0.15, 0.2) is 47.0 Å². The summed E-state index contributed by atoms with van der Waals surface area (Å²) in [5.41, 5.74) is 0.724. The van der Waals surface area contributed by atoms with Gasteiger partial charge in [-0.25, -0.2) is 0 Å². The van der Waals surface area contributed by atoms with Gasteiger partial charge in [-0.2, -0.15) is 0 Å². The average molecular weight is 328 g/mol. The van der Waals surface area contributed by atoms with Crippen molar-refractivity contribution < 1.29 is 18.8 Å². The number of pyridine rings is 1. The highest BCUT2D eigenvalue weighted by molar-refractivity contribution is 5.53. The Morgan fingerprint density at radius 1 is 1.21 bits per heavy atom. The summed E-state index contributed by atoms with van der Waals surface area (Å²) in [4.78, 5) is 13.9. The number of rotatable bonds is 6. The van der Waals surface area contributed by atoms with E-state index in [1.165, 1.54) is 12.3 Å². The third-order valence-corrected chi connectivity index (χ3v) is 3.08. The van der Waals surface area contributed by atoms with E-state index in [1.54, 1.807) is 37.4 Å². The van der Waals surface area contributed by atoms with Crippen molar-refractivity contribution in [3.63, 3.8) is 0 Å². The summed E-state index contributed by atoms with van der Waals surface area (Å²) < 4.78 is 15.9. The highest BCUT2D eigenvalue weighted by atomic mass is 16.6. The lowest BCUT2D eigenvalue weighted by Crippen LogP contribution is -2.00. The first-order valence-electron chi connectivity index (χ1n) is 6.86. The molecule has 0 radical (unpaired) electrons. The van der Waals surface area contributed by atoms with E-state index in [4.69, 9.17) is 13.9 Å². The van der Waals surface area contributed by atoms with E-state index in [1.807, 2.05) is 0 Å². The quantitative estimate of drug-likeness (QED) is 0.501. The van der Waals surface area contributed by atoms with E-state index >= 15 is 0 Å². The standard InChI is InChI=1S/C15H12N4O5/c1-22-11-6-4-10(5-7-11)15-18-17-13(24-15)9-23-12-3-2-8-16-14(12)19(20)21/h2-8H,9H2,1H3. The summed E-state index contributed by atoms with van der Waals surface area (Å²) in [7, 11) is 1.58. The number of methoxy groups -OCH3 is 1. The molecule has 0 aliphatic carbocycles. The minimum absolute atomic E-state index is 0.0340. The lowest BCUT2D eigenvalue weighted by molar-refractivity contribution is -0.390. The first-order chi connectivity index (χ1) is 11.7. The number of ether oxygens (including phenoxy) is 2. The van der Waals surface area contributed by atoms with E-state index in [9.17, 15) is 10.1 Å². The predicted molar refractivity (Wildman–Crippen MR) is 81.5 cm³/mol. The third kappa shape index (κ3) is 3.29. The van der Waals surface area contributed by atoms with E-state index < -0.39 is 4.92 Å². The molecule has 0 N–H and O–H groups in total. The zero-order valence-corrected chi connectivity index (χ0v) is 12.6. The summed E-state index contributed by atoms with van der Waals surface area (Å²) in [6.45, 7) is -0.101. The van der Waals surface area contributed by atoms with Gasteiger partial charge in [0.25, 0.3) is 5.89 Å². The predicted octanol–water partition coefficient (Wildman–Crippen LogP) is 2.63. The van der Waals surface area contributed by atoms with Gasteiger partial charge in [-0.15, -0.1) is 10.2 Å². The van der Waals surface area contributed by atoms with Crippen LogP contribution in [0, 0.1) is 10.1 Å². The minimum atomic E-state index is -0.619. The van der Waals surface area contributed by atoms with Gasteiger partial charge in [-0.3, -0.25) is 0 Å². The largest absolute Gasteiger partial charge is 0.497 e. The van der Waals surface area contributed by atoms with Crippen LogP contribution in [0.25, 0.3) is 11.5 Å². The molecule has 0 bridgehead atoms. The van der Waals surface area contributed by atoms with Gasteiger partial charge in [0.1, 0.15) is 11.9 Å². The highest BCUT2D eigenvalue weighted by Crippen LogP contribution is 2.25. The van der Waals surface area contributed by atoms with Gasteiger partial charge in [0.2, 0.25) is 11.6 Å². The van der Waals surface area contributed by atoms with E-state index in [0.29, 0.717) is 11.6 Å². The van der Waals surface area contributed by atoms with Crippen molar-refractivity contribution >= 4 is 5.82 Å². The Balaban J connectivity index is 1.71. The van der Waals surface area contributed by atoms with Gasteiger partial charge in [0.15, 0.2) is 6.61 Å². The zero-order chi connectivity index (χ0) is 16.9. The van der Waals surface area contributed by atoms with Gasteiger partial charge in [-0.1, -0.05) is 0 Å². The van der Waals surface area contributed by atoms with Crippen LogP contribution in [0.5, 0.6) is 11.5 Å². The number of nitrogens with zero attached hydrogens (tertiary/aromatic N) is 4. The highest BCUT2D eigenvalue weighted by Gasteiger charge is 2.17. The topological polar surface area (TPSA) is 113 Å². The number of nitro groups is 1. The summed E-state index contributed by atoms with van der Waals surface area (Å²) in [6.07, 6.45) is 1.32. The summed E-state index contributed by atoms with van der Waals surface area (Å²) in [6, 6.07) is 10.1. The Hall–Kier alpha value is -3.49. The molecular formula is C15H12N4O5. The lowest BCUT2D eigenvalue weighted by Gasteiger charge is -2.02. The second kappa shape index (κ2) is 6.73. The van der Waals surface area contributed by atoms with E-state index in [2.05, 4.69) is 15.2 Å². The molecular weight excluding hydrogens is 316 g/mol. The first kappa shape index (κ1) is 15.4. The maximum atomic E-state index is 10.9. The molecule has 1 aromatic carbocycles. The molecule has 0 spiro atoms. The van der Waals surface area contributed by atoms with Gasteiger partial charge in [-0.05, 0) is 46.3 Å². The Bertz CT molecular complexity index is 847. The average Bonchev–Trinajstić information content (AvgIpc) is 3.09. The maximum absolute atomic E-state index is 10.9. The molecule has 0 aliphatic rings. The molecule has 0 amide bonds. The Morgan fingerprint density at radius 2 is 2.00 bits per heavy atom. The fourth-order valence-corrected chi connectivity index (χ4v) is 1.93. The molecule has 24 heavy (non-hydrogen) atoms. The minimum Gasteiger partial charge on any atom is -0.497 e. The smallest absolute Gasteiger partial charge is 0.406 e. The third-order valence-electron chi connectivity index (χ3n) is 3.08. The number of hydrogen-bond acceptors (Lipinski definition) is 8. The van der Waals surface area contributed by atoms with Crippen LogP contribution in [0.3, 0.4) is 0 Å². The molecule has 3 rings (SSSR count). The maximum Gasteiger partial charge on any atom is 0.406 e. The zero-order valence-electron chi connectivity index (χ0n) is 12.6. The molecule has 2 heterocycles. The van der Waals surface area contributed by atoms with Crippen molar-refractivity contribution in [3.05, 3.63) is 58.6 Å². The second-order valence-electron chi connectivity index (χ2n) is 4.60. The van der Waals surface area contributed by atoms with Crippen molar-refractivity contribution in [1.82, 2.24) is 15.2 Å². The van der Waals surface area contributed by atoms with Gasteiger partial charge in [0, 0.05) is 5.56 Å². The van der Waals surface area contributed by atoms with Gasteiger partial charge < -0.3 is 24.0 Å². The van der Waals surface area contributed by atoms with Crippen LogP contribution in [0.4, 0.5) is 5.82 Å². The fraction of sp³-hybridized carbons (Fsp3) is 0.133. The lowest BCUT2D eigenvalue weighted by atomic mass is 10.2. The van der Waals surface area contributed by atoms with E-state index in [0.717, 1.165) is 5.56 Å². The molecule has 0 saturated heterocycles. The molecule has 2 aromatic heterocycles. The first-order valence-corrected chi connectivity index (χ1v) is 6.86. The molecule has 0 fully saturated rings. The molecule has 0 atom stereocenters. The summed E-state index contributed by atoms with van der Waals surface area (Å²) >= 11 is 0. The molecule has 0 aliphatic heterocycles. The SMILES string of the molecule is COc1ccc(-c2nnc(COc3cccnc3[N+](=O)[O-])o2)cc1. The van der Waals surface area contributed by atoms with E-state index in [-0.39, 0.29) is 24.1 Å². The monoisotopic (exact) mass is 328 g/mol. The Kier molecular flexibility index (Phi) is 4.32. The van der Waals surface area contributed by atoms with Gasteiger partial charge in [0.05, 0.1) is 7.11 Å². The van der Waals surface area contributed by atoms with Crippen LogP contribution in [-0.4, -0.2) is 27.2 Å². The van der Waals surface area contributed by atoms with Crippen LogP contribution < -0.4 is 9.47 Å². The summed E-state index contributed by atoms with van der Waals surface area (Å²) in [5.74, 6) is 0.890. The van der Waals surface area contributed by atoms with Crippen molar-refractivity contribution in [3.8, 4) is 23.0 Å². The van der Waals surface area contributed by atoms with Crippen LogP contribution in [0.2, 0.25) is 0 Å². The molecule has 0 saturated carbocycles. The number of aromatic nitrogens is 3. The normalized spacial score (nSPS) is 10.4. The van der Waals surface area contributed by atoms with Crippen molar-refractivity contribution in [1.29, 1.82) is 0 Å². The number of hydrogen-bond donors (Lipinski definition) is 0. The Labute approximate surface area is 136 Å². The van der Waals surface area contributed by atoms with Gasteiger partial charge >= 0.3 is 5.82 Å². The van der Waals surface area contributed by atoms with Crippen LogP contribution in [-0.2, 0) is 6.61 Å². The number of benzene rings is 1.